The molecule has 1 aliphatic heterocycles. The lowest BCUT2D eigenvalue weighted by Crippen LogP contribution is -2.63. The van der Waals surface area contributed by atoms with Crippen molar-refractivity contribution in [1.29, 1.82) is 0 Å². The molecule has 5 fully saturated rings. The van der Waals surface area contributed by atoms with E-state index in [-0.39, 0.29) is 5.41 Å². The molecule has 4 saturated carbocycles. The molecule has 2 heteroatoms. The number of rotatable bonds is 1. The summed E-state index contributed by atoms with van der Waals surface area (Å²) in [5, 5.41) is 0. The van der Waals surface area contributed by atoms with Gasteiger partial charge in [0.2, 0.25) is 5.91 Å². The van der Waals surface area contributed by atoms with Crippen molar-refractivity contribution in [3.8, 4) is 0 Å². The topological polar surface area (TPSA) is 20.3 Å². The van der Waals surface area contributed by atoms with Gasteiger partial charge in [-0.15, -0.1) is 0 Å². The quantitative estimate of drug-likeness (QED) is 0.708. The van der Waals surface area contributed by atoms with E-state index in [1.165, 1.54) is 51.4 Å². The lowest BCUT2D eigenvalue weighted by molar-refractivity contribution is -0.198. The van der Waals surface area contributed by atoms with Crippen molar-refractivity contribution in [2.24, 2.45) is 21.7 Å². The molecule has 5 aliphatic rings. The van der Waals surface area contributed by atoms with Crippen LogP contribution >= 0.6 is 0 Å². The van der Waals surface area contributed by atoms with Crippen LogP contribution in [-0.4, -0.2) is 23.9 Å². The highest BCUT2D eigenvalue weighted by atomic mass is 16.2. The van der Waals surface area contributed by atoms with E-state index < -0.39 is 0 Å². The van der Waals surface area contributed by atoms with Gasteiger partial charge in [-0.05, 0) is 67.6 Å². The molecule has 0 aromatic heterocycles. The Morgan fingerprint density at radius 2 is 1.15 bits per heavy atom. The zero-order valence-electron chi connectivity index (χ0n) is 13.4. The molecule has 1 heterocycles. The molecule has 112 valence electrons. The number of amides is 1. The summed E-state index contributed by atoms with van der Waals surface area (Å²) < 4.78 is 0. The van der Waals surface area contributed by atoms with E-state index in [9.17, 15) is 4.79 Å². The van der Waals surface area contributed by atoms with Crippen LogP contribution in [0.4, 0.5) is 0 Å². The van der Waals surface area contributed by atoms with Gasteiger partial charge >= 0.3 is 0 Å². The van der Waals surface area contributed by atoms with Crippen molar-refractivity contribution in [2.75, 3.05) is 13.1 Å². The lowest BCUT2D eigenvalue weighted by atomic mass is 9.36. The molecular weight excluding hydrogens is 246 g/mol. The van der Waals surface area contributed by atoms with Crippen molar-refractivity contribution in [2.45, 2.75) is 72.1 Å². The van der Waals surface area contributed by atoms with Gasteiger partial charge < -0.3 is 4.90 Å². The Hall–Kier alpha value is -0.530. The SMILES string of the molecule is CC12CC3(C)CC(C)(C1)CC(C(=O)N1CCCC1)(C2)C3. The summed E-state index contributed by atoms with van der Waals surface area (Å²) >= 11 is 0. The van der Waals surface area contributed by atoms with Crippen LogP contribution in [0.1, 0.15) is 72.1 Å². The first-order valence-corrected chi connectivity index (χ1v) is 8.55. The first-order chi connectivity index (χ1) is 9.26. The molecule has 4 aliphatic carbocycles. The maximum Gasteiger partial charge on any atom is 0.228 e. The molecule has 0 aromatic rings. The first kappa shape index (κ1) is 13.2. The highest BCUT2D eigenvalue weighted by Crippen LogP contribution is 2.73. The number of carbonyl (C=O) groups excluding carboxylic acids is 1. The summed E-state index contributed by atoms with van der Waals surface area (Å²) in [6, 6.07) is 0. The van der Waals surface area contributed by atoms with Crippen molar-refractivity contribution >= 4 is 5.91 Å². The average molecular weight is 275 g/mol. The molecule has 0 unspecified atom stereocenters. The van der Waals surface area contributed by atoms with Crippen LogP contribution in [0.25, 0.3) is 0 Å². The molecule has 0 spiro atoms. The Balaban J connectivity index is 1.72. The van der Waals surface area contributed by atoms with Gasteiger partial charge in [-0.2, -0.15) is 0 Å². The Labute approximate surface area is 123 Å². The van der Waals surface area contributed by atoms with Gasteiger partial charge in [0, 0.05) is 13.1 Å². The highest BCUT2D eigenvalue weighted by molar-refractivity contribution is 5.84. The normalized spacial score (nSPS) is 53.6. The van der Waals surface area contributed by atoms with Gasteiger partial charge in [0.05, 0.1) is 5.41 Å². The smallest absolute Gasteiger partial charge is 0.228 e. The second-order valence-corrected chi connectivity index (χ2v) is 9.77. The lowest BCUT2D eigenvalue weighted by Gasteiger charge is -2.68. The van der Waals surface area contributed by atoms with Crippen LogP contribution in [0.15, 0.2) is 0 Å². The minimum absolute atomic E-state index is 0.00264. The van der Waals surface area contributed by atoms with Gasteiger partial charge in [0.1, 0.15) is 0 Å². The van der Waals surface area contributed by atoms with Gasteiger partial charge in [0.25, 0.3) is 0 Å². The largest absolute Gasteiger partial charge is 0.342 e. The third-order valence-electron chi connectivity index (χ3n) is 6.70. The maximum absolute atomic E-state index is 13.3. The van der Waals surface area contributed by atoms with Crippen LogP contribution in [0.5, 0.6) is 0 Å². The molecule has 5 rings (SSSR count). The number of nitrogens with zero attached hydrogens (tertiary/aromatic N) is 1. The van der Waals surface area contributed by atoms with E-state index in [0.29, 0.717) is 22.2 Å². The third-order valence-corrected chi connectivity index (χ3v) is 6.70. The van der Waals surface area contributed by atoms with Crippen LogP contribution < -0.4 is 0 Å². The van der Waals surface area contributed by atoms with E-state index in [4.69, 9.17) is 0 Å². The minimum atomic E-state index is -0.00264. The van der Waals surface area contributed by atoms with Crippen molar-refractivity contribution in [3.05, 3.63) is 0 Å². The number of hydrogen-bond acceptors (Lipinski definition) is 1. The van der Waals surface area contributed by atoms with Crippen LogP contribution in [0, 0.1) is 21.7 Å². The van der Waals surface area contributed by atoms with Gasteiger partial charge in [-0.1, -0.05) is 20.8 Å². The van der Waals surface area contributed by atoms with Crippen LogP contribution in [0.2, 0.25) is 0 Å². The van der Waals surface area contributed by atoms with Crippen molar-refractivity contribution < 1.29 is 4.79 Å². The van der Waals surface area contributed by atoms with Crippen LogP contribution in [0.3, 0.4) is 0 Å². The summed E-state index contributed by atoms with van der Waals surface area (Å²) in [6.07, 6.45) is 9.99. The monoisotopic (exact) mass is 275 g/mol. The molecule has 0 radical (unpaired) electrons. The second-order valence-electron chi connectivity index (χ2n) is 9.77. The molecular formula is C18H29NO. The average Bonchev–Trinajstić information content (AvgIpc) is 2.73. The first-order valence-electron chi connectivity index (χ1n) is 8.55. The molecule has 1 amide bonds. The van der Waals surface area contributed by atoms with Gasteiger partial charge in [-0.25, -0.2) is 0 Å². The predicted molar refractivity (Wildman–Crippen MR) is 80.3 cm³/mol. The fourth-order valence-corrected chi connectivity index (χ4v) is 7.77. The van der Waals surface area contributed by atoms with E-state index in [2.05, 4.69) is 25.7 Å². The Morgan fingerprint density at radius 3 is 1.55 bits per heavy atom. The van der Waals surface area contributed by atoms with Gasteiger partial charge in [0.15, 0.2) is 0 Å². The Bertz CT molecular complexity index is 408. The molecule has 1 saturated heterocycles. The summed E-state index contributed by atoms with van der Waals surface area (Å²) in [7, 11) is 0. The van der Waals surface area contributed by atoms with E-state index >= 15 is 0 Å². The summed E-state index contributed by atoms with van der Waals surface area (Å²) in [5.41, 5.74) is 1.27. The zero-order valence-corrected chi connectivity index (χ0v) is 13.4. The summed E-state index contributed by atoms with van der Waals surface area (Å²) in [4.78, 5) is 15.4. The van der Waals surface area contributed by atoms with Crippen molar-refractivity contribution in [3.63, 3.8) is 0 Å². The van der Waals surface area contributed by atoms with E-state index in [0.717, 1.165) is 13.1 Å². The number of likely N-dealkylation sites (tertiary alicyclic amines) is 1. The zero-order chi connectivity index (χ0) is 14.2. The summed E-state index contributed by atoms with van der Waals surface area (Å²) in [5.74, 6) is 0.526. The molecule has 4 bridgehead atoms. The second kappa shape index (κ2) is 3.62. The third kappa shape index (κ3) is 1.72. The fourth-order valence-electron chi connectivity index (χ4n) is 7.77. The Kier molecular flexibility index (Phi) is 2.38. The molecule has 20 heavy (non-hydrogen) atoms. The standard InChI is InChI=1S/C18H29NO/c1-15-8-16(2)10-17(3,9-15)13-18(11-15,12-16)14(20)19-6-4-5-7-19/h4-13H2,1-3H3. The number of carbonyl (C=O) groups is 1. The maximum atomic E-state index is 13.3. The predicted octanol–water partition coefficient (Wildman–Crippen LogP) is 4.00. The highest BCUT2D eigenvalue weighted by Gasteiger charge is 2.66. The van der Waals surface area contributed by atoms with Gasteiger partial charge in [-0.3, -0.25) is 4.79 Å². The molecule has 0 atom stereocenters. The van der Waals surface area contributed by atoms with E-state index in [1.54, 1.807) is 0 Å². The van der Waals surface area contributed by atoms with E-state index in [1.807, 2.05) is 0 Å². The van der Waals surface area contributed by atoms with Crippen LogP contribution in [-0.2, 0) is 4.79 Å². The molecule has 0 N–H and O–H groups in total. The summed E-state index contributed by atoms with van der Waals surface area (Å²) in [6.45, 7) is 9.43. The molecule has 2 nitrogen and oxygen atoms in total. The van der Waals surface area contributed by atoms with Crippen molar-refractivity contribution in [1.82, 2.24) is 4.90 Å². The minimum Gasteiger partial charge on any atom is -0.342 e. The fraction of sp³-hybridized carbons (Fsp3) is 0.944. The number of hydrogen-bond donors (Lipinski definition) is 0. The Morgan fingerprint density at radius 1 is 0.750 bits per heavy atom. The molecule has 0 aromatic carbocycles.